The standard InChI is InChI=1S/C15H16ClNO3/c1-3-20-15(19)6-7-17-9-13(10(2)18)12-8-11(16)4-5-14(12)17/h4-5,8-9H,3,6-7H2,1-2H3. The molecule has 0 fully saturated rings. The number of hydrogen-bond acceptors (Lipinski definition) is 3. The van der Waals surface area contributed by atoms with E-state index in [1.54, 1.807) is 25.3 Å². The van der Waals surface area contributed by atoms with Gasteiger partial charge in [-0.05, 0) is 32.0 Å². The number of benzene rings is 1. The number of ketones is 1. The molecule has 0 aliphatic heterocycles. The minimum absolute atomic E-state index is 0.0212. The maximum atomic E-state index is 11.7. The Kier molecular flexibility index (Phi) is 4.45. The molecule has 5 heteroatoms. The van der Waals surface area contributed by atoms with Crippen LogP contribution in [0.4, 0.5) is 0 Å². The van der Waals surface area contributed by atoms with Gasteiger partial charge in [0.2, 0.25) is 0 Å². The number of carbonyl (C=O) groups excluding carboxylic acids is 2. The number of Topliss-reactive ketones (excluding diaryl/α,β-unsaturated/α-hetero) is 1. The van der Waals surface area contributed by atoms with Gasteiger partial charge in [0, 0.05) is 34.2 Å². The first kappa shape index (κ1) is 14.6. The lowest BCUT2D eigenvalue weighted by Gasteiger charge is -2.05. The fourth-order valence-corrected chi connectivity index (χ4v) is 2.35. The summed E-state index contributed by atoms with van der Waals surface area (Å²) in [5.41, 5.74) is 1.51. The first-order valence-corrected chi connectivity index (χ1v) is 6.85. The Morgan fingerprint density at radius 3 is 2.75 bits per heavy atom. The highest BCUT2D eigenvalue weighted by Gasteiger charge is 2.13. The van der Waals surface area contributed by atoms with Crippen LogP contribution in [0.1, 0.15) is 30.6 Å². The fourth-order valence-electron chi connectivity index (χ4n) is 2.18. The Bertz CT molecular complexity index is 660. The van der Waals surface area contributed by atoms with Gasteiger partial charge in [0.05, 0.1) is 13.0 Å². The zero-order valence-electron chi connectivity index (χ0n) is 11.5. The van der Waals surface area contributed by atoms with Crippen molar-refractivity contribution in [2.24, 2.45) is 0 Å². The number of aryl methyl sites for hydroxylation is 1. The molecule has 0 amide bonds. The number of esters is 1. The van der Waals surface area contributed by atoms with E-state index in [9.17, 15) is 9.59 Å². The molecule has 0 bridgehead atoms. The van der Waals surface area contributed by atoms with Gasteiger partial charge in [-0.25, -0.2) is 0 Å². The van der Waals surface area contributed by atoms with Gasteiger partial charge >= 0.3 is 5.97 Å². The molecule has 0 saturated carbocycles. The Labute approximate surface area is 122 Å². The number of fused-ring (bicyclic) bond motifs is 1. The summed E-state index contributed by atoms with van der Waals surface area (Å²) in [5.74, 6) is -0.264. The predicted molar refractivity (Wildman–Crippen MR) is 78.2 cm³/mol. The number of hydrogen-bond donors (Lipinski definition) is 0. The van der Waals surface area contributed by atoms with Crippen molar-refractivity contribution in [3.63, 3.8) is 0 Å². The molecule has 1 aromatic carbocycles. The van der Waals surface area contributed by atoms with Crippen LogP contribution < -0.4 is 0 Å². The van der Waals surface area contributed by atoms with Crippen LogP contribution in [0.5, 0.6) is 0 Å². The van der Waals surface area contributed by atoms with Crippen LogP contribution in [0, 0.1) is 0 Å². The zero-order chi connectivity index (χ0) is 14.7. The lowest BCUT2D eigenvalue weighted by Crippen LogP contribution is -2.08. The normalized spacial score (nSPS) is 10.8. The first-order chi connectivity index (χ1) is 9.52. The van der Waals surface area contributed by atoms with E-state index in [0.717, 1.165) is 10.9 Å². The van der Waals surface area contributed by atoms with Crippen LogP contribution in [-0.2, 0) is 16.1 Å². The molecule has 2 rings (SSSR count). The number of ether oxygens (including phenoxy) is 1. The van der Waals surface area contributed by atoms with Crippen molar-refractivity contribution >= 4 is 34.3 Å². The van der Waals surface area contributed by atoms with Gasteiger partial charge in [0.1, 0.15) is 0 Å². The number of carbonyl (C=O) groups is 2. The maximum absolute atomic E-state index is 11.7. The summed E-state index contributed by atoms with van der Waals surface area (Å²) < 4.78 is 6.80. The minimum Gasteiger partial charge on any atom is -0.466 e. The van der Waals surface area contributed by atoms with Crippen molar-refractivity contribution in [1.82, 2.24) is 4.57 Å². The third-order valence-corrected chi connectivity index (χ3v) is 3.32. The van der Waals surface area contributed by atoms with Crippen molar-refractivity contribution in [3.05, 3.63) is 35.0 Å². The van der Waals surface area contributed by atoms with E-state index < -0.39 is 0 Å². The second-order valence-electron chi connectivity index (χ2n) is 4.51. The quantitative estimate of drug-likeness (QED) is 0.626. The Hall–Kier alpha value is -1.81. The third kappa shape index (κ3) is 3.02. The average Bonchev–Trinajstić information content (AvgIpc) is 2.75. The van der Waals surface area contributed by atoms with E-state index in [0.29, 0.717) is 23.7 Å². The Balaban J connectivity index is 2.34. The SMILES string of the molecule is CCOC(=O)CCn1cc(C(C)=O)c2cc(Cl)ccc21. The molecule has 2 aromatic rings. The van der Waals surface area contributed by atoms with Gasteiger partial charge in [-0.2, -0.15) is 0 Å². The van der Waals surface area contributed by atoms with Crippen molar-refractivity contribution in [2.75, 3.05) is 6.61 Å². The number of nitrogens with zero attached hydrogens (tertiary/aromatic N) is 1. The summed E-state index contributed by atoms with van der Waals surface area (Å²) in [4.78, 5) is 23.1. The molecule has 0 N–H and O–H groups in total. The van der Waals surface area contributed by atoms with Gasteiger partial charge in [-0.15, -0.1) is 0 Å². The van der Waals surface area contributed by atoms with Crippen LogP contribution in [0.2, 0.25) is 5.02 Å². The van der Waals surface area contributed by atoms with Gasteiger partial charge in [0.15, 0.2) is 5.78 Å². The summed E-state index contributed by atoms with van der Waals surface area (Å²) in [7, 11) is 0. The van der Waals surface area contributed by atoms with Crippen LogP contribution in [0.25, 0.3) is 10.9 Å². The molecular formula is C15H16ClNO3. The largest absolute Gasteiger partial charge is 0.466 e. The second-order valence-corrected chi connectivity index (χ2v) is 4.95. The van der Waals surface area contributed by atoms with Gasteiger partial charge in [0.25, 0.3) is 0 Å². The molecule has 0 aliphatic carbocycles. The molecular weight excluding hydrogens is 278 g/mol. The summed E-state index contributed by atoms with van der Waals surface area (Å²) in [5, 5.41) is 1.40. The topological polar surface area (TPSA) is 48.3 Å². The number of halogens is 1. The van der Waals surface area contributed by atoms with E-state index >= 15 is 0 Å². The van der Waals surface area contributed by atoms with Gasteiger partial charge < -0.3 is 9.30 Å². The van der Waals surface area contributed by atoms with E-state index in [-0.39, 0.29) is 18.2 Å². The van der Waals surface area contributed by atoms with Crippen LogP contribution >= 0.6 is 11.6 Å². The summed E-state index contributed by atoms with van der Waals surface area (Å²) in [6, 6.07) is 5.40. The molecule has 4 nitrogen and oxygen atoms in total. The molecule has 0 atom stereocenters. The van der Waals surface area contributed by atoms with Gasteiger partial charge in [-0.1, -0.05) is 11.6 Å². The van der Waals surface area contributed by atoms with Crippen LogP contribution in [-0.4, -0.2) is 22.9 Å². The molecule has 1 heterocycles. The highest BCUT2D eigenvalue weighted by molar-refractivity contribution is 6.31. The van der Waals surface area contributed by atoms with E-state index in [4.69, 9.17) is 16.3 Å². The predicted octanol–water partition coefficient (Wildman–Crippen LogP) is 3.45. The molecule has 0 saturated heterocycles. The van der Waals surface area contributed by atoms with Crippen molar-refractivity contribution in [2.45, 2.75) is 26.8 Å². The third-order valence-electron chi connectivity index (χ3n) is 3.08. The molecule has 0 aliphatic rings. The Morgan fingerprint density at radius 2 is 2.10 bits per heavy atom. The second kappa shape index (κ2) is 6.09. The van der Waals surface area contributed by atoms with Gasteiger partial charge in [-0.3, -0.25) is 9.59 Å². The number of aromatic nitrogens is 1. The monoisotopic (exact) mass is 293 g/mol. The lowest BCUT2D eigenvalue weighted by atomic mass is 10.1. The van der Waals surface area contributed by atoms with Crippen molar-refractivity contribution in [3.8, 4) is 0 Å². The minimum atomic E-state index is -0.243. The van der Waals surface area contributed by atoms with E-state index in [1.807, 2.05) is 10.6 Å². The first-order valence-electron chi connectivity index (χ1n) is 6.48. The summed E-state index contributed by atoms with van der Waals surface area (Å²) >= 11 is 5.98. The Morgan fingerprint density at radius 1 is 1.35 bits per heavy atom. The average molecular weight is 294 g/mol. The van der Waals surface area contributed by atoms with Crippen LogP contribution in [0.15, 0.2) is 24.4 Å². The molecule has 1 aromatic heterocycles. The molecule has 0 unspecified atom stereocenters. The van der Waals surface area contributed by atoms with Crippen molar-refractivity contribution in [1.29, 1.82) is 0 Å². The molecule has 0 spiro atoms. The fraction of sp³-hybridized carbons (Fsp3) is 0.333. The highest BCUT2D eigenvalue weighted by Crippen LogP contribution is 2.25. The smallest absolute Gasteiger partial charge is 0.307 e. The molecule has 0 radical (unpaired) electrons. The molecule has 20 heavy (non-hydrogen) atoms. The molecule has 106 valence electrons. The number of rotatable bonds is 5. The highest BCUT2D eigenvalue weighted by atomic mass is 35.5. The van der Waals surface area contributed by atoms with E-state index in [1.165, 1.54) is 6.92 Å². The lowest BCUT2D eigenvalue weighted by molar-refractivity contribution is -0.143. The summed E-state index contributed by atoms with van der Waals surface area (Å²) in [6.07, 6.45) is 2.04. The van der Waals surface area contributed by atoms with Crippen LogP contribution in [0.3, 0.4) is 0 Å². The van der Waals surface area contributed by atoms with Crippen molar-refractivity contribution < 1.29 is 14.3 Å². The summed E-state index contributed by atoms with van der Waals surface area (Å²) in [6.45, 7) is 4.15. The van der Waals surface area contributed by atoms with E-state index in [2.05, 4.69) is 0 Å². The maximum Gasteiger partial charge on any atom is 0.307 e. The zero-order valence-corrected chi connectivity index (χ0v) is 12.2.